The SMILES string of the molecule is CN=C(NC1CC1C)N1CCN(c2ccccc2Cl)CC1. The Bertz CT molecular complexity index is 523. The summed E-state index contributed by atoms with van der Waals surface area (Å²) in [7, 11) is 1.87. The lowest BCUT2D eigenvalue weighted by Gasteiger charge is -2.38. The zero-order chi connectivity index (χ0) is 14.8. The van der Waals surface area contributed by atoms with E-state index in [9.17, 15) is 0 Å². The first-order chi connectivity index (χ1) is 10.2. The minimum atomic E-state index is 0.616. The van der Waals surface area contributed by atoms with Gasteiger partial charge in [0.1, 0.15) is 0 Å². The van der Waals surface area contributed by atoms with E-state index >= 15 is 0 Å². The third-order valence-electron chi connectivity index (χ3n) is 4.41. The van der Waals surface area contributed by atoms with Gasteiger partial charge in [0.2, 0.25) is 0 Å². The van der Waals surface area contributed by atoms with Crippen LogP contribution in [0.1, 0.15) is 13.3 Å². The normalized spacial score (nSPS) is 26.0. The maximum Gasteiger partial charge on any atom is 0.193 e. The molecule has 0 radical (unpaired) electrons. The molecule has 1 aromatic rings. The smallest absolute Gasteiger partial charge is 0.193 e. The number of hydrogen-bond donors (Lipinski definition) is 1. The van der Waals surface area contributed by atoms with Gasteiger partial charge >= 0.3 is 0 Å². The summed E-state index contributed by atoms with van der Waals surface area (Å²) in [6.45, 7) is 6.19. The van der Waals surface area contributed by atoms with Gasteiger partial charge < -0.3 is 15.1 Å². The van der Waals surface area contributed by atoms with Crippen molar-refractivity contribution in [2.45, 2.75) is 19.4 Å². The van der Waals surface area contributed by atoms with Crippen LogP contribution in [0.15, 0.2) is 29.3 Å². The molecule has 1 aliphatic carbocycles. The highest BCUT2D eigenvalue weighted by Crippen LogP contribution is 2.29. The Labute approximate surface area is 131 Å². The van der Waals surface area contributed by atoms with Crippen molar-refractivity contribution in [2.24, 2.45) is 10.9 Å². The molecule has 3 rings (SSSR count). The summed E-state index contributed by atoms with van der Waals surface area (Å²) in [5, 5.41) is 4.39. The average molecular weight is 307 g/mol. The first-order valence-corrected chi connectivity index (χ1v) is 8.04. The van der Waals surface area contributed by atoms with Crippen LogP contribution in [0.4, 0.5) is 5.69 Å². The van der Waals surface area contributed by atoms with E-state index in [0.717, 1.165) is 48.8 Å². The molecule has 1 heterocycles. The molecule has 2 aliphatic rings. The molecule has 114 valence electrons. The average Bonchev–Trinajstić information content (AvgIpc) is 3.21. The Kier molecular flexibility index (Phi) is 4.24. The topological polar surface area (TPSA) is 30.9 Å². The molecule has 2 unspecified atom stereocenters. The predicted octanol–water partition coefficient (Wildman–Crippen LogP) is 2.45. The number of benzene rings is 1. The second-order valence-electron chi connectivity index (χ2n) is 5.94. The number of guanidine groups is 1. The molecule has 2 atom stereocenters. The number of rotatable bonds is 2. The monoisotopic (exact) mass is 306 g/mol. The molecule has 1 aliphatic heterocycles. The van der Waals surface area contributed by atoms with Gasteiger partial charge in [-0.2, -0.15) is 0 Å². The lowest BCUT2D eigenvalue weighted by Crippen LogP contribution is -2.53. The minimum absolute atomic E-state index is 0.616. The molecule has 0 bridgehead atoms. The summed E-state index contributed by atoms with van der Waals surface area (Å²) >= 11 is 6.29. The van der Waals surface area contributed by atoms with Crippen molar-refractivity contribution in [3.05, 3.63) is 29.3 Å². The van der Waals surface area contributed by atoms with Gasteiger partial charge in [0.05, 0.1) is 10.7 Å². The number of aliphatic imine (C=N–C) groups is 1. The summed E-state index contributed by atoms with van der Waals surface area (Å²) < 4.78 is 0. The highest BCUT2D eigenvalue weighted by atomic mass is 35.5. The fraction of sp³-hybridized carbons (Fsp3) is 0.562. The van der Waals surface area contributed by atoms with Crippen LogP contribution in [0.5, 0.6) is 0 Å². The Morgan fingerprint density at radius 1 is 1.24 bits per heavy atom. The summed E-state index contributed by atoms with van der Waals surface area (Å²) in [5.74, 6) is 1.83. The number of para-hydroxylation sites is 1. The lowest BCUT2D eigenvalue weighted by atomic mass is 10.2. The van der Waals surface area contributed by atoms with Crippen LogP contribution >= 0.6 is 11.6 Å². The Balaban J connectivity index is 1.58. The van der Waals surface area contributed by atoms with E-state index < -0.39 is 0 Å². The third kappa shape index (κ3) is 3.26. The first-order valence-electron chi connectivity index (χ1n) is 7.67. The number of nitrogens with zero attached hydrogens (tertiary/aromatic N) is 3. The maximum absolute atomic E-state index is 6.29. The second-order valence-corrected chi connectivity index (χ2v) is 6.34. The zero-order valence-corrected chi connectivity index (χ0v) is 13.5. The van der Waals surface area contributed by atoms with Gasteiger partial charge in [0, 0.05) is 39.3 Å². The molecule has 0 spiro atoms. The van der Waals surface area contributed by atoms with Crippen LogP contribution in [0.2, 0.25) is 5.02 Å². The van der Waals surface area contributed by atoms with Gasteiger partial charge in [-0.1, -0.05) is 30.7 Å². The van der Waals surface area contributed by atoms with Gasteiger partial charge in [0.25, 0.3) is 0 Å². The number of piperazine rings is 1. The van der Waals surface area contributed by atoms with Crippen LogP contribution in [0.3, 0.4) is 0 Å². The van der Waals surface area contributed by atoms with E-state index in [1.807, 2.05) is 25.2 Å². The van der Waals surface area contributed by atoms with Crippen LogP contribution in [-0.4, -0.2) is 50.1 Å². The molecular weight excluding hydrogens is 284 g/mol. The van der Waals surface area contributed by atoms with Crippen LogP contribution in [-0.2, 0) is 0 Å². The number of nitrogens with one attached hydrogen (secondary N) is 1. The minimum Gasteiger partial charge on any atom is -0.367 e. The summed E-state index contributed by atoms with van der Waals surface area (Å²) in [5.41, 5.74) is 1.14. The fourth-order valence-electron chi connectivity index (χ4n) is 2.85. The van der Waals surface area contributed by atoms with Crippen molar-refractivity contribution >= 4 is 23.2 Å². The van der Waals surface area contributed by atoms with E-state index in [0.29, 0.717) is 6.04 Å². The molecule has 0 aromatic heterocycles. The zero-order valence-electron chi connectivity index (χ0n) is 12.7. The third-order valence-corrected chi connectivity index (χ3v) is 4.73. The van der Waals surface area contributed by atoms with Gasteiger partial charge in [-0.05, 0) is 24.5 Å². The highest BCUT2D eigenvalue weighted by molar-refractivity contribution is 6.33. The molecule has 1 aromatic carbocycles. The Morgan fingerprint density at radius 2 is 1.90 bits per heavy atom. The summed E-state index contributed by atoms with van der Waals surface area (Å²) in [4.78, 5) is 9.13. The molecule has 5 heteroatoms. The maximum atomic E-state index is 6.29. The molecule has 21 heavy (non-hydrogen) atoms. The molecule has 0 amide bonds. The molecule has 1 saturated carbocycles. The van der Waals surface area contributed by atoms with Crippen molar-refractivity contribution < 1.29 is 0 Å². The predicted molar refractivity (Wildman–Crippen MR) is 89.3 cm³/mol. The summed E-state index contributed by atoms with van der Waals surface area (Å²) in [6, 6.07) is 8.69. The Morgan fingerprint density at radius 3 is 2.48 bits per heavy atom. The second kappa shape index (κ2) is 6.14. The number of hydrogen-bond acceptors (Lipinski definition) is 2. The number of anilines is 1. The van der Waals surface area contributed by atoms with Crippen molar-refractivity contribution in [3.63, 3.8) is 0 Å². The number of halogens is 1. The summed E-state index contributed by atoms with van der Waals surface area (Å²) in [6.07, 6.45) is 1.26. The van der Waals surface area contributed by atoms with Crippen LogP contribution in [0.25, 0.3) is 0 Å². The van der Waals surface area contributed by atoms with Gasteiger partial charge in [-0.15, -0.1) is 0 Å². The van der Waals surface area contributed by atoms with E-state index in [4.69, 9.17) is 11.6 Å². The van der Waals surface area contributed by atoms with E-state index in [1.165, 1.54) is 6.42 Å². The largest absolute Gasteiger partial charge is 0.367 e. The van der Waals surface area contributed by atoms with Gasteiger partial charge in [-0.3, -0.25) is 4.99 Å². The molecular formula is C16H23ClN4. The van der Waals surface area contributed by atoms with E-state index in [2.05, 4.69) is 33.1 Å². The van der Waals surface area contributed by atoms with E-state index in [-0.39, 0.29) is 0 Å². The molecule has 1 saturated heterocycles. The quantitative estimate of drug-likeness (QED) is 0.672. The standard InChI is InChI=1S/C16H23ClN4/c1-12-11-14(12)19-16(18-2)21-9-7-20(8-10-21)15-6-4-3-5-13(15)17/h3-6,12,14H,7-11H2,1-2H3,(H,18,19). The molecule has 1 N–H and O–H groups in total. The molecule has 2 fully saturated rings. The first kappa shape index (κ1) is 14.5. The Hall–Kier alpha value is -1.42. The van der Waals surface area contributed by atoms with Crippen molar-refractivity contribution in [1.29, 1.82) is 0 Å². The van der Waals surface area contributed by atoms with E-state index in [1.54, 1.807) is 0 Å². The van der Waals surface area contributed by atoms with Crippen LogP contribution in [0, 0.1) is 5.92 Å². The van der Waals surface area contributed by atoms with Gasteiger partial charge in [0.15, 0.2) is 5.96 Å². The van der Waals surface area contributed by atoms with Gasteiger partial charge in [-0.25, -0.2) is 0 Å². The van der Waals surface area contributed by atoms with Crippen molar-refractivity contribution in [3.8, 4) is 0 Å². The highest BCUT2D eigenvalue weighted by Gasteiger charge is 2.34. The van der Waals surface area contributed by atoms with Crippen molar-refractivity contribution in [1.82, 2.24) is 10.2 Å². The fourth-order valence-corrected chi connectivity index (χ4v) is 3.11. The van der Waals surface area contributed by atoms with Crippen LogP contribution < -0.4 is 10.2 Å². The molecule has 4 nitrogen and oxygen atoms in total. The lowest BCUT2D eigenvalue weighted by molar-refractivity contribution is 0.371. The van der Waals surface area contributed by atoms with Crippen molar-refractivity contribution in [2.75, 3.05) is 38.1 Å².